The molecule has 1 fully saturated rings. The van der Waals surface area contributed by atoms with Crippen LogP contribution in [0.5, 0.6) is 0 Å². The number of aliphatic hydroxyl groups is 1. The maximum atomic E-state index is 13.9. The summed E-state index contributed by atoms with van der Waals surface area (Å²) in [7, 11) is 0. The number of allylic oxidation sites excluding steroid dienone is 6. The van der Waals surface area contributed by atoms with Crippen LogP contribution < -0.4 is 4.90 Å². The van der Waals surface area contributed by atoms with Crippen molar-refractivity contribution in [1.82, 2.24) is 0 Å². The number of halogens is 6. The Bertz CT molecular complexity index is 1680. The summed E-state index contributed by atoms with van der Waals surface area (Å²) in [6, 6.07) is 3.55. The maximum absolute atomic E-state index is 13.9. The molecule has 1 aromatic heterocycles. The number of ketones is 2. The molecule has 2 amide bonds. The summed E-state index contributed by atoms with van der Waals surface area (Å²) in [5.74, 6) is -6.72. The van der Waals surface area contributed by atoms with Crippen molar-refractivity contribution in [3.05, 3.63) is 87.4 Å². The monoisotopic (exact) mass is 605 g/mol. The minimum Gasteiger partial charge on any atom is -0.463 e. The quantitative estimate of drug-likeness (QED) is 0.216. The molecule has 4 unspecified atom stereocenters. The number of benzene rings is 1. The average molecular weight is 605 g/mol. The molecule has 7 nitrogen and oxygen atoms in total. The summed E-state index contributed by atoms with van der Waals surface area (Å²) < 4.78 is 87.1. The first kappa shape index (κ1) is 28.8. The minimum absolute atomic E-state index is 0.0908. The lowest BCUT2D eigenvalue weighted by molar-refractivity contribution is -0.143. The molecule has 13 heteroatoms. The largest absolute Gasteiger partial charge is 0.463 e. The van der Waals surface area contributed by atoms with Crippen molar-refractivity contribution in [3.63, 3.8) is 0 Å². The molecule has 6 rings (SSSR count). The Morgan fingerprint density at radius 2 is 1.58 bits per heavy atom. The lowest BCUT2D eigenvalue weighted by Crippen LogP contribution is -2.39. The second-order valence-corrected chi connectivity index (χ2v) is 11.0. The van der Waals surface area contributed by atoms with Gasteiger partial charge in [-0.15, -0.1) is 0 Å². The number of carbonyl (C=O) groups excluding carboxylic acids is 4. The van der Waals surface area contributed by atoms with Crippen molar-refractivity contribution < 1.29 is 55.0 Å². The van der Waals surface area contributed by atoms with Gasteiger partial charge in [-0.3, -0.25) is 19.2 Å². The molecule has 1 aliphatic heterocycles. The molecular weight excluding hydrogens is 584 g/mol. The summed E-state index contributed by atoms with van der Waals surface area (Å²) in [5, 5.41) is 9.53. The second-order valence-electron chi connectivity index (χ2n) is 11.0. The van der Waals surface area contributed by atoms with Crippen LogP contribution in [0.3, 0.4) is 0 Å². The summed E-state index contributed by atoms with van der Waals surface area (Å²) >= 11 is 0. The van der Waals surface area contributed by atoms with Gasteiger partial charge in [0.25, 0.3) is 0 Å². The molecule has 2 aromatic rings. The highest BCUT2D eigenvalue weighted by Crippen LogP contribution is 2.56. The number of anilines is 1. The van der Waals surface area contributed by atoms with Gasteiger partial charge in [-0.1, -0.05) is 11.6 Å². The zero-order valence-corrected chi connectivity index (χ0v) is 22.2. The van der Waals surface area contributed by atoms with Crippen molar-refractivity contribution in [2.75, 3.05) is 4.90 Å². The Morgan fingerprint density at radius 3 is 2.16 bits per heavy atom. The fourth-order valence-corrected chi connectivity index (χ4v) is 6.67. The van der Waals surface area contributed by atoms with Crippen LogP contribution in [-0.2, 0) is 38.1 Å². The van der Waals surface area contributed by atoms with Crippen LogP contribution in [0.4, 0.5) is 32.0 Å². The molecule has 1 saturated heterocycles. The van der Waals surface area contributed by atoms with Crippen molar-refractivity contribution >= 4 is 29.1 Å². The van der Waals surface area contributed by atoms with E-state index in [-0.39, 0.29) is 47.1 Å². The fourth-order valence-electron chi connectivity index (χ4n) is 6.67. The van der Waals surface area contributed by atoms with Crippen molar-refractivity contribution in [3.8, 4) is 0 Å². The van der Waals surface area contributed by atoms with Gasteiger partial charge in [-0.25, -0.2) is 4.90 Å². The smallest absolute Gasteiger partial charge is 0.416 e. The average Bonchev–Trinajstić information content (AvgIpc) is 3.51. The van der Waals surface area contributed by atoms with E-state index in [1.807, 2.05) is 0 Å². The van der Waals surface area contributed by atoms with E-state index in [1.54, 1.807) is 6.08 Å². The lowest BCUT2D eigenvalue weighted by atomic mass is 9.60. The van der Waals surface area contributed by atoms with Crippen LogP contribution in [-0.4, -0.2) is 28.5 Å². The van der Waals surface area contributed by atoms with Crippen molar-refractivity contribution in [2.45, 2.75) is 44.6 Å². The van der Waals surface area contributed by atoms with E-state index >= 15 is 0 Å². The summed E-state index contributed by atoms with van der Waals surface area (Å²) in [6.45, 7) is 0.985. The molecule has 1 aromatic carbocycles. The SMILES string of the molecule is CC1=CC(=O)C2=C(CC3C(=CCC4C(=O)N(c5cc(C(F)(F)F)cc(C(F)(F)F)c5)C(=O)C43)C2c2ccc(CO)o2)C1=O. The molecule has 0 saturated carbocycles. The van der Waals surface area contributed by atoms with Crippen LogP contribution in [0.25, 0.3) is 0 Å². The van der Waals surface area contributed by atoms with Gasteiger partial charge >= 0.3 is 12.4 Å². The maximum Gasteiger partial charge on any atom is 0.416 e. The normalized spacial score (nSPS) is 25.9. The first-order valence-electron chi connectivity index (χ1n) is 13.2. The van der Waals surface area contributed by atoms with Gasteiger partial charge in [-0.2, -0.15) is 26.3 Å². The highest BCUT2D eigenvalue weighted by atomic mass is 19.4. The number of carbonyl (C=O) groups is 4. The third-order valence-electron chi connectivity index (χ3n) is 8.52. The standard InChI is InChI=1S/C30H21F6NO6/c1-12-6-21(39)24-20(26(12)40)10-19-17(25(24)22-5-2-16(11-38)43-22)3-4-18-23(19)28(42)37(27(18)41)15-8-13(29(31,32)33)7-14(9-15)30(34,35)36/h2-3,5-9,18-19,23,25,38H,4,10-11H2,1H3. The number of amides is 2. The highest BCUT2D eigenvalue weighted by Gasteiger charge is 2.57. The zero-order chi connectivity index (χ0) is 31.2. The van der Waals surface area contributed by atoms with E-state index in [2.05, 4.69) is 0 Å². The Kier molecular flexibility index (Phi) is 6.46. The molecule has 4 atom stereocenters. The summed E-state index contributed by atoms with van der Waals surface area (Å²) in [5.41, 5.74) is -3.38. The van der Waals surface area contributed by atoms with Crippen LogP contribution in [0.1, 0.15) is 48.3 Å². The predicted molar refractivity (Wildman–Crippen MR) is 135 cm³/mol. The molecule has 224 valence electrons. The van der Waals surface area contributed by atoms with E-state index < -0.39 is 82.8 Å². The molecule has 4 aliphatic rings. The molecule has 0 bridgehead atoms. The van der Waals surface area contributed by atoms with E-state index in [4.69, 9.17) is 4.42 Å². The highest BCUT2D eigenvalue weighted by molar-refractivity contribution is 6.25. The number of Topliss-reactive ketones (excluding diaryl/α,β-unsaturated/α-hetero) is 1. The number of rotatable bonds is 3. The molecule has 3 aliphatic carbocycles. The molecular formula is C30H21F6NO6. The van der Waals surface area contributed by atoms with Gasteiger partial charge in [-0.05, 0) is 62.1 Å². The number of furan rings is 1. The Hall–Kier alpha value is -4.26. The first-order valence-corrected chi connectivity index (χ1v) is 13.2. The zero-order valence-electron chi connectivity index (χ0n) is 22.2. The van der Waals surface area contributed by atoms with E-state index in [1.165, 1.54) is 25.1 Å². The van der Waals surface area contributed by atoms with E-state index in [0.29, 0.717) is 22.6 Å². The van der Waals surface area contributed by atoms with Crippen LogP contribution in [0.2, 0.25) is 0 Å². The number of alkyl halides is 6. The number of nitrogens with zero attached hydrogens (tertiary/aromatic N) is 1. The summed E-state index contributed by atoms with van der Waals surface area (Å²) in [4.78, 5) is 54.2. The number of imide groups is 1. The topological polar surface area (TPSA) is 105 Å². The lowest BCUT2D eigenvalue weighted by Gasteiger charge is -2.41. The van der Waals surface area contributed by atoms with Crippen LogP contribution in [0.15, 0.2) is 69.2 Å². The Morgan fingerprint density at radius 1 is 0.930 bits per heavy atom. The fraction of sp³-hybridized carbons (Fsp3) is 0.333. The van der Waals surface area contributed by atoms with Gasteiger partial charge in [0, 0.05) is 16.7 Å². The number of hydrogen-bond acceptors (Lipinski definition) is 6. The second kappa shape index (κ2) is 9.63. The van der Waals surface area contributed by atoms with Gasteiger partial charge in [0.15, 0.2) is 11.6 Å². The van der Waals surface area contributed by atoms with E-state index in [9.17, 15) is 50.6 Å². The van der Waals surface area contributed by atoms with Crippen LogP contribution >= 0.6 is 0 Å². The van der Waals surface area contributed by atoms with Gasteiger partial charge in [0.1, 0.15) is 18.1 Å². The number of hydrogen-bond donors (Lipinski definition) is 1. The molecule has 0 spiro atoms. The molecule has 43 heavy (non-hydrogen) atoms. The van der Waals surface area contributed by atoms with Gasteiger partial charge < -0.3 is 9.52 Å². The minimum atomic E-state index is -5.20. The number of aliphatic hydroxyl groups excluding tert-OH is 1. The predicted octanol–water partition coefficient (Wildman–Crippen LogP) is 5.44. The van der Waals surface area contributed by atoms with Gasteiger partial charge in [0.2, 0.25) is 11.8 Å². The molecule has 2 heterocycles. The van der Waals surface area contributed by atoms with Crippen molar-refractivity contribution in [2.24, 2.45) is 17.8 Å². The molecule has 1 N–H and O–H groups in total. The van der Waals surface area contributed by atoms with Crippen LogP contribution in [0, 0.1) is 17.8 Å². The number of fused-ring (bicyclic) bond motifs is 3. The Labute approximate surface area is 239 Å². The van der Waals surface area contributed by atoms with Crippen molar-refractivity contribution in [1.29, 1.82) is 0 Å². The third kappa shape index (κ3) is 4.48. The third-order valence-corrected chi connectivity index (χ3v) is 8.52. The van der Waals surface area contributed by atoms with Gasteiger partial charge in [0.05, 0.1) is 34.6 Å². The molecule has 0 radical (unpaired) electrons. The Balaban J connectivity index is 1.46. The first-order chi connectivity index (χ1) is 20.1. The summed E-state index contributed by atoms with van der Waals surface area (Å²) in [6.07, 6.45) is -7.82. The van der Waals surface area contributed by atoms with E-state index in [0.717, 1.165) is 0 Å².